The second kappa shape index (κ2) is 13.4. The van der Waals surface area contributed by atoms with E-state index in [9.17, 15) is 4.79 Å². The van der Waals surface area contributed by atoms with Crippen LogP contribution >= 0.6 is 0 Å². The van der Waals surface area contributed by atoms with E-state index in [2.05, 4.69) is 16.1 Å². The van der Waals surface area contributed by atoms with E-state index in [0.717, 1.165) is 6.08 Å². The molecule has 0 saturated carbocycles. The van der Waals surface area contributed by atoms with Crippen molar-refractivity contribution in [3.8, 4) is 0 Å². The first-order chi connectivity index (χ1) is 5.08. The van der Waals surface area contributed by atoms with Gasteiger partial charge in [0.2, 0.25) is 0 Å². The molecule has 4 nitrogen and oxygen atoms in total. The molecule has 5 heteroatoms. The standard InChI is InChI=1S/C4H9O2.C3H4O2.Ti/c1-4(5-2)6-3;1-2-3(4)5;/h1-3H3;2H,1H2,(H,4,5);/q-1;;. The fourth-order valence-corrected chi connectivity index (χ4v) is 0.0833. The van der Waals surface area contributed by atoms with Gasteiger partial charge < -0.3 is 14.6 Å². The predicted molar refractivity (Wildman–Crippen MR) is 40.8 cm³/mol. The molecular weight excluding hydrogens is 196 g/mol. The average Bonchev–Trinajstić information content (AvgIpc) is 2.04. The van der Waals surface area contributed by atoms with Crippen LogP contribution in [0.4, 0.5) is 0 Å². The smallest absolute Gasteiger partial charge is 0.327 e. The van der Waals surface area contributed by atoms with Gasteiger partial charge in [-0.05, 0) is 0 Å². The Kier molecular flexibility index (Phi) is 19.9. The maximum absolute atomic E-state index is 9.25. The number of hydrogen-bond donors (Lipinski definition) is 1. The Bertz CT molecular complexity index is 112. The maximum Gasteiger partial charge on any atom is 0.327 e. The van der Waals surface area contributed by atoms with Gasteiger partial charge in [-0.1, -0.05) is 12.9 Å². The second-order valence-corrected chi connectivity index (χ2v) is 1.44. The molecule has 70 valence electrons. The van der Waals surface area contributed by atoms with Crippen molar-refractivity contribution in [3.63, 3.8) is 0 Å². The molecule has 0 saturated heterocycles. The quantitative estimate of drug-likeness (QED) is 0.428. The molecule has 12 heavy (non-hydrogen) atoms. The van der Waals surface area contributed by atoms with Crippen LogP contribution in [0.1, 0.15) is 6.92 Å². The van der Waals surface area contributed by atoms with E-state index in [1.165, 1.54) is 0 Å². The van der Waals surface area contributed by atoms with Crippen molar-refractivity contribution in [2.24, 2.45) is 0 Å². The minimum Gasteiger partial charge on any atom is -0.524 e. The summed E-state index contributed by atoms with van der Waals surface area (Å²) >= 11 is 0. The fraction of sp³-hybridized carbons (Fsp3) is 0.429. The minimum atomic E-state index is -0.981. The average molecular weight is 209 g/mol. The van der Waals surface area contributed by atoms with E-state index in [0.29, 0.717) is 6.29 Å². The molecule has 0 amide bonds. The van der Waals surface area contributed by atoms with Gasteiger partial charge in [-0.2, -0.15) is 0 Å². The van der Waals surface area contributed by atoms with E-state index in [-0.39, 0.29) is 21.7 Å². The molecule has 0 aromatic rings. The van der Waals surface area contributed by atoms with Crippen molar-refractivity contribution in [1.82, 2.24) is 0 Å². The number of hydrogen-bond acceptors (Lipinski definition) is 3. The normalized spacial score (nSPS) is 7.67. The number of ether oxygens (including phenoxy) is 2. The summed E-state index contributed by atoms with van der Waals surface area (Å²) in [5.41, 5.74) is 0. The zero-order chi connectivity index (χ0) is 9.28. The van der Waals surface area contributed by atoms with Crippen LogP contribution in [0.15, 0.2) is 12.7 Å². The van der Waals surface area contributed by atoms with E-state index in [1.54, 1.807) is 21.1 Å². The third-order valence-corrected chi connectivity index (χ3v) is 0.750. The second-order valence-electron chi connectivity index (χ2n) is 1.44. The monoisotopic (exact) mass is 209 g/mol. The van der Waals surface area contributed by atoms with Crippen molar-refractivity contribution in [1.29, 1.82) is 0 Å². The van der Waals surface area contributed by atoms with Crippen LogP contribution < -0.4 is 0 Å². The van der Waals surface area contributed by atoms with Crippen molar-refractivity contribution in [2.75, 3.05) is 14.2 Å². The third-order valence-electron chi connectivity index (χ3n) is 0.750. The van der Waals surface area contributed by atoms with E-state index in [1.807, 2.05) is 0 Å². The molecule has 0 atom stereocenters. The van der Waals surface area contributed by atoms with Gasteiger partial charge in [0.25, 0.3) is 0 Å². The summed E-state index contributed by atoms with van der Waals surface area (Å²) < 4.78 is 9.19. The van der Waals surface area contributed by atoms with Gasteiger partial charge in [-0.15, -0.1) is 6.92 Å². The van der Waals surface area contributed by atoms with Crippen LogP contribution in [0.25, 0.3) is 0 Å². The third kappa shape index (κ3) is 22.5. The Morgan fingerprint density at radius 2 is 1.75 bits per heavy atom. The molecule has 0 rings (SSSR count). The molecule has 0 aliphatic heterocycles. The van der Waals surface area contributed by atoms with Gasteiger partial charge >= 0.3 is 5.97 Å². The number of carboxylic acids is 1. The molecular formula is C7H13O4Ti-. The zero-order valence-electron chi connectivity index (χ0n) is 7.46. The molecule has 0 heterocycles. The summed E-state index contributed by atoms with van der Waals surface area (Å²) in [7, 11) is 3.14. The van der Waals surface area contributed by atoms with Gasteiger partial charge in [-0.25, -0.2) is 4.79 Å². The molecule has 0 bridgehead atoms. The van der Waals surface area contributed by atoms with Crippen LogP contribution in [-0.2, 0) is 36.0 Å². The molecule has 1 N–H and O–H groups in total. The van der Waals surface area contributed by atoms with Crippen LogP contribution in [0.2, 0.25) is 0 Å². The first kappa shape index (κ1) is 17.8. The number of rotatable bonds is 3. The van der Waals surface area contributed by atoms with E-state index in [4.69, 9.17) is 5.11 Å². The summed E-state index contributed by atoms with van der Waals surface area (Å²) in [5.74, 6) is -0.981. The predicted octanol–water partition coefficient (Wildman–Crippen LogP) is 1.04. The molecule has 0 aromatic heterocycles. The van der Waals surface area contributed by atoms with E-state index < -0.39 is 5.97 Å². The molecule has 0 aromatic carbocycles. The Balaban J connectivity index is -0.000000126. The van der Waals surface area contributed by atoms with E-state index >= 15 is 0 Å². The Morgan fingerprint density at radius 3 is 1.75 bits per heavy atom. The number of methoxy groups -OCH3 is 2. The van der Waals surface area contributed by atoms with Gasteiger partial charge in [0, 0.05) is 42.0 Å². The summed E-state index contributed by atoms with van der Waals surface area (Å²) in [6, 6.07) is 0. The summed E-state index contributed by atoms with van der Waals surface area (Å²) in [4.78, 5) is 9.25. The summed E-state index contributed by atoms with van der Waals surface area (Å²) in [6.07, 6.45) is 1.43. The van der Waals surface area contributed by atoms with Crippen molar-refractivity contribution in [3.05, 3.63) is 18.9 Å². The topological polar surface area (TPSA) is 55.8 Å². The van der Waals surface area contributed by atoms with Crippen LogP contribution in [0.3, 0.4) is 0 Å². The van der Waals surface area contributed by atoms with Crippen molar-refractivity contribution >= 4 is 5.97 Å². The van der Waals surface area contributed by atoms with Gasteiger partial charge in [0.15, 0.2) is 0 Å². The molecule has 0 unspecified atom stereocenters. The van der Waals surface area contributed by atoms with Gasteiger partial charge in [-0.3, -0.25) is 0 Å². The first-order valence-electron chi connectivity index (χ1n) is 2.85. The number of carboxylic acid groups (broad SMARTS) is 1. The molecule has 0 spiro atoms. The van der Waals surface area contributed by atoms with Crippen LogP contribution in [-0.4, -0.2) is 25.3 Å². The van der Waals surface area contributed by atoms with Crippen LogP contribution in [0.5, 0.6) is 0 Å². The maximum atomic E-state index is 9.25. The number of carbonyl (C=O) groups is 1. The fourth-order valence-electron chi connectivity index (χ4n) is 0.0833. The summed E-state index contributed by atoms with van der Waals surface area (Å²) in [6.45, 7) is 4.71. The Hall–Kier alpha value is -0.156. The van der Waals surface area contributed by atoms with Gasteiger partial charge in [0.1, 0.15) is 0 Å². The molecule has 0 aliphatic carbocycles. The Labute approximate surface area is 87.4 Å². The first-order valence-corrected chi connectivity index (χ1v) is 2.85. The molecule has 0 fully saturated rings. The van der Waals surface area contributed by atoms with Crippen molar-refractivity contribution in [2.45, 2.75) is 6.92 Å². The SMILES string of the molecule is C=CC(=O)O.CO[C-](C)OC.[Ti]. The molecule has 0 radical (unpaired) electrons. The number of aliphatic carboxylic acids is 1. The summed E-state index contributed by atoms with van der Waals surface area (Å²) in [5, 5.41) is 7.60. The zero-order valence-corrected chi connectivity index (χ0v) is 9.02. The Morgan fingerprint density at radius 1 is 1.50 bits per heavy atom. The van der Waals surface area contributed by atoms with Crippen LogP contribution in [0, 0.1) is 6.29 Å². The van der Waals surface area contributed by atoms with Gasteiger partial charge in [0.05, 0.1) is 0 Å². The molecule has 0 aliphatic rings. The largest absolute Gasteiger partial charge is 0.524 e. The van der Waals surface area contributed by atoms with Crippen molar-refractivity contribution < 1.29 is 41.1 Å². The minimum absolute atomic E-state index is 0.